The Hall–Kier alpha value is -1.29. The first kappa shape index (κ1) is 16.1. The molecule has 0 N–H and O–H groups in total. The van der Waals surface area contributed by atoms with Crippen molar-refractivity contribution in [3.8, 4) is 5.75 Å². The number of nitrogens with zero attached hydrogens (tertiary/aromatic N) is 2. The van der Waals surface area contributed by atoms with Crippen molar-refractivity contribution in [2.75, 3.05) is 0 Å². The Balaban J connectivity index is 2.23. The predicted octanol–water partition coefficient (Wildman–Crippen LogP) is 4.93. The number of ether oxygens (including phenoxy) is 1. The summed E-state index contributed by atoms with van der Waals surface area (Å²) in [5, 5.41) is 4.61. The van der Waals surface area contributed by atoms with Crippen LogP contribution in [0.1, 0.15) is 50.6 Å². The number of halogens is 1. The number of benzene rings is 1. The van der Waals surface area contributed by atoms with Gasteiger partial charge in [-0.25, -0.2) is 0 Å². The Morgan fingerprint density at radius 2 is 1.95 bits per heavy atom. The van der Waals surface area contributed by atoms with Gasteiger partial charge in [-0.05, 0) is 46.8 Å². The van der Waals surface area contributed by atoms with Crippen LogP contribution in [0.4, 0.5) is 0 Å². The van der Waals surface area contributed by atoms with Crippen molar-refractivity contribution in [2.45, 2.75) is 53.2 Å². The standard InChI is InChI=1S/C17H23BrN2O/c1-5-14-17(18)15(20(6-2)19-14)11-21-16-10-8-7-9-13(16)12(3)4/h7-10,12H,5-6,11H2,1-4H3. The van der Waals surface area contributed by atoms with Gasteiger partial charge < -0.3 is 4.74 Å². The summed E-state index contributed by atoms with van der Waals surface area (Å²) in [6.45, 7) is 9.97. The fourth-order valence-corrected chi connectivity index (χ4v) is 3.07. The van der Waals surface area contributed by atoms with Gasteiger partial charge in [-0.1, -0.05) is 39.0 Å². The van der Waals surface area contributed by atoms with Crippen molar-refractivity contribution >= 4 is 15.9 Å². The first-order valence-corrected chi connectivity index (χ1v) is 8.33. The minimum atomic E-state index is 0.451. The second kappa shape index (κ2) is 7.12. The van der Waals surface area contributed by atoms with E-state index in [1.165, 1.54) is 5.56 Å². The highest BCUT2D eigenvalue weighted by molar-refractivity contribution is 9.10. The zero-order valence-corrected chi connectivity index (χ0v) is 14.8. The molecule has 0 bridgehead atoms. The van der Waals surface area contributed by atoms with Gasteiger partial charge in [0.25, 0.3) is 0 Å². The van der Waals surface area contributed by atoms with Gasteiger partial charge in [-0.3, -0.25) is 4.68 Å². The Morgan fingerprint density at radius 1 is 1.24 bits per heavy atom. The lowest BCUT2D eigenvalue weighted by molar-refractivity contribution is 0.287. The highest BCUT2D eigenvalue weighted by Crippen LogP contribution is 2.28. The third kappa shape index (κ3) is 3.49. The van der Waals surface area contributed by atoms with Crippen LogP contribution in [0.15, 0.2) is 28.7 Å². The molecule has 1 heterocycles. The van der Waals surface area contributed by atoms with Crippen molar-refractivity contribution < 1.29 is 4.74 Å². The highest BCUT2D eigenvalue weighted by atomic mass is 79.9. The van der Waals surface area contributed by atoms with Gasteiger partial charge >= 0.3 is 0 Å². The molecule has 0 aliphatic heterocycles. The average molecular weight is 351 g/mol. The van der Waals surface area contributed by atoms with E-state index < -0.39 is 0 Å². The third-order valence-corrected chi connectivity index (χ3v) is 4.51. The maximum absolute atomic E-state index is 6.07. The van der Waals surface area contributed by atoms with E-state index in [1.54, 1.807) is 0 Å². The molecule has 3 nitrogen and oxygen atoms in total. The van der Waals surface area contributed by atoms with Crippen molar-refractivity contribution in [3.63, 3.8) is 0 Å². The monoisotopic (exact) mass is 350 g/mol. The normalized spacial score (nSPS) is 11.1. The molecule has 0 spiro atoms. The molecule has 4 heteroatoms. The molecule has 0 atom stereocenters. The molecule has 0 saturated carbocycles. The summed E-state index contributed by atoms with van der Waals surface area (Å²) in [6.07, 6.45) is 0.920. The second-order valence-corrected chi connectivity index (χ2v) is 6.15. The fraction of sp³-hybridized carbons (Fsp3) is 0.471. The van der Waals surface area contributed by atoms with Crippen LogP contribution in [0, 0.1) is 0 Å². The van der Waals surface area contributed by atoms with E-state index in [0.717, 1.165) is 34.6 Å². The smallest absolute Gasteiger partial charge is 0.131 e. The van der Waals surface area contributed by atoms with Crippen LogP contribution in [0.5, 0.6) is 5.75 Å². The molecular formula is C17H23BrN2O. The van der Waals surface area contributed by atoms with E-state index in [1.807, 2.05) is 16.8 Å². The number of aromatic nitrogens is 2. The zero-order valence-electron chi connectivity index (χ0n) is 13.2. The van der Waals surface area contributed by atoms with E-state index in [4.69, 9.17) is 4.74 Å². The maximum atomic E-state index is 6.07. The fourth-order valence-electron chi connectivity index (χ4n) is 2.39. The van der Waals surface area contributed by atoms with Gasteiger partial charge in [0.15, 0.2) is 0 Å². The minimum Gasteiger partial charge on any atom is -0.487 e. The lowest BCUT2D eigenvalue weighted by atomic mass is 10.0. The Morgan fingerprint density at radius 3 is 2.57 bits per heavy atom. The van der Waals surface area contributed by atoms with Crippen LogP contribution in [0.3, 0.4) is 0 Å². The summed E-state index contributed by atoms with van der Waals surface area (Å²) in [4.78, 5) is 0. The Labute approximate surface area is 135 Å². The van der Waals surface area contributed by atoms with E-state index >= 15 is 0 Å². The summed E-state index contributed by atoms with van der Waals surface area (Å²) < 4.78 is 9.17. The topological polar surface area (TPSA) is 27.1 Å². The minimum absolute atomic E-state index is 0.451. The second-order valence-electron chi connectivity index (χ2n) is 5.36. The molecule has 0 aliphatic rings. The van der Waals surface area contributed by atoms with Crippen LogP contribution in [-0.2, 0) is 19.6 Å². The van der Waals surface area contributed by atoms with Gasteiger partial charge in [0.05, 0.1) is 15.9 Å². The summed E-state index contributed by atoms with van der Waals surface area (Å²) >= 11 is 3.66. The number of hydrogen-bond donors (Lipinski definition) is 0. The van der Waals surface area contributed by atoms with Crippen molar-refractivity contribution in [1.82, 2.24) is 9.78 Å². The van der Waals surface area contributed by atoms with Crippen LogP contribution >= 0.6 is 15.9 Å². The molecule has 0 aliphatic carbocycles. The van der Waals surface area contributed by atoms with E-state index in [0.29, 0.717) is 12.5 Å². The molecule has 2 rings (SSSR count). The largest absolute Gasteiger partial charge is 0.487 e. The summed E-state index contributed by atoms with van der Waals surface area (Å²) in [5.74, 6) is 1.41. The molecular weight excluding hydrogens is 328 g/mol. The Kier molecular flexibility index (Phi) is 5.45. The molecule has 0 unspecified atom stereocenters. The predicted molar refractivity (Wildman–Crippen MR) is 89.8 cm³/mol. The zero-order chi connectivity index (χ0) is 15.4. The van der Waals surface area contributed by atoms with Gasteiger partial charge in [0.2, 0.25) is 0 Å². The van der Waals surface area contributed by atoms with Crippen molar-refractivity contribution in [2.24, 2.45) is 0 Å². The van der Waals surface area contributed by atoms with Gasteiger partial charge in [0.1, 0.15) is 12.4 Å². The van der Waals surface area contributed by atoms with Crippen LogP contribution < -0.4 is 4.74 Å². The first-order chi connectivity index (χ1) is 10.1. The molecule has 0 radical (unpaired) electrons. The van der Waals surface area contributed by atoms with Gasteiger partial charge in [-0.15, -0.1) is 0 Å². The van der Waals surface area contributed by atoms with Crippen LogP contribution in [0.25, 0.3) is 0 Å². The molecule has 0 fully saturated rings. The van der Waals surface area contributed by atoms with Crippen molar-refractivity contribution in [3.05, 3.63) is 45.7 Å². The number of rotatable bonds is 6. The summed E-state index contributed by atoms with van der Waals surface area (Å²) in [5.41, 5.74) is 3.44. The van der Waals surface area contributed by atoms with Crippen LogP contribution in [0.2, 0.25) is 0 Å². The van der Waals surface area contributed by atoms with Crippen molar-refractivity contribution in [1.29, 1.82) is 0 Å². The maximum Gasteiger partial charge on any atom is 0.131 e. The van der Waals surface area contributed by atoms with E-state index in [9.17, 15) is 0 Å². The lowest BCUT2D eigenvalue weighted by Gasteiger charge is -2.14. The molecule has 21 heavy (non-hydrogen) atoms. The SMILES string of the molecule is CCc1nn(CC)c(COc2ccccc2C(C)C)c1Br. The van der Waals surface area contributed by atoms with E-state index in [2.05, 4.69) is 60.9 Å². The molecule has 2 aromatic rings. The molecule has 1 aromatic heterocycles. The molecule has 0 amide bonds. The van der Waals surface area contributed by atoms with E-state index in [-0.39, 0.29) is 0 Å². The van der Waals surface area contributed by atoms with Crippen LogP contribution in [-0.4, -0.2) is 9.78 Å². The third-order valence-electron chi connectivity index (χ3n) is 3.60. The Bertz CT molecular complexity index is 605. The highest BCUT2D eigenvalue weighted by Gasteiger charge is 2.15. The molecule has 114 valence electrons. The first-order valence-electron chi connectivity index (χ1n) is 7.54. The van der Waals surface area contributed by atoms with Gasteiger partial charge in [0, 0.05) is 6.54 Å². The summed E-state index contributed by atoms with van der Waals surface area (Å²) in [6, 6.07) is 8.24. The quantitative estimate of drug-likeness (QED) is 0.738. The van der Waals surface area contributed by atoms with Gasteiger partial charge in [-0.2, -0.15) is 5.10 Å². The molecule has 0 saturated heterocycles. The average Bonchev–Trinajstić information content (AvgIpc) is 2.80. The molecule has 1 aromatic carbocycles. The number of hydrogen-bond acceptors (Lipinski definition) is 2. The summed E-state index contributed by atoms with van der Waals surface area (Å²) in [7, 11) is 0. The number of aryl methyl sites for hydroxylation is 2. The lowest BCUT2D eigenvalue weighted by Crippen LogP contribution is -2.07. The number of para-hydroxylation sites is 1.